The van der Waals surface area contributed by atoms with E-state index in [1.54, 1.807) is 0 Å². The van der Waals surface area contributed by atoms with Crippen molar-refractivity contribution in [3.8, 4) is 0 Å². The molecule has 0 aliphatic heterocycles. The maximum Gasteiger partial charge on any atom is 0.0510 e. The first-order valence-corrected chi connectivity index (χ1v) is 7.53. The quantitative estimate of drug-likeness (QED) is 0.897. The molecule has 3 heteroatoms. The molecule has 1 aliphatic carbocycles. The third-order valence-electron chi connectivity index (χ3n) is 4.11. The number of hydrogen-bond acceptors (Lipinski definition) is 2. The molecule has 1 aromatic carbocycles. The van der Waals surface area contributed by atoms with Gasteiger partial charge in [-0.3, -0.25) is 4.98 Å². The second kappa shape index (κ2) is 5.55. The molecule has 1 aromatic heterocycles. The fourth-order valence-electron chi connectivity index (χ4n) is 3.06. The third-order valence-corrected chi connectivity index (χ3v) is 4.44. The highest BCUT2D eigenvalue weighted by Crippen LogP contribution is 2.37. The topological polar surface area (TPSA) is 38.9 Å². The zero-order chi connectivity index (χ0) is 14.1. The Labute approximate surface area is 125 Å². The van der Waals surface area contributed by atoms with Crippen LogP contribution in [0.2, 0.25) is 5.02 Å². The minimum atomic E-state index is -0.0340. The summed E-state index contributed by atoms with van der Waals surface area (Å²) in [5.41, 5.74) is 10.8. The van der Waals surface area contributed by atoms with Gasteiger partial charge in [0.05, 0.1) is 5.69 Å². The molecule has 0 fully saturated rings. The van der Waals surface area contributed by atoms with Crippen molar-refractivity contribution in [2.24, 2.45) is 5.73 Å². The van der Waals surface area contributed by atoms with Crippen molar-refractivity contribution in [2.45, 2.75) is 38.1 Å². The highest BCUT2D eigenvalue weighted by atomic mass is 35.5. The van der Waals surface area contributed by atoms with E-state index in [9.17, 15) is 0 Å². The van der Waals surface area contributed by atoms with Crippen LogP contribution in [0.4, 0.5) is 0 Å². The Balaban J connectivity index is 2.00. The lowest BCUT2D eigenvalue weighted by molar-refractivity contribution is 0.598. The number of halogens is 1. The monoisotopic (exact) mass is 286 g/mol. The maximum atomic E-state index is 6.37. The molecule has 104 valence electrons. The standard InChI is InChI=1S/C17H19ClN2/c1-11(19)14-8-7-13(10-16(14)18)15-6-2-4-12-5-3-9-20-17(12)15/h3,5,7-11,15H,2,4,6,19H2,1H3. The summed E-state index contributed by atoms with van der Waals surface area (Å²) < 4.78 is 0. The number of rotatable bonds is 2. The second-order valence-corrected chi connectivity index (χ2v) is 5.97. The summed E-state index contributed by atoms with van der Waals surface area (Å²) in [4.78, 5) is 4.60. The van der Waals surface area contributed by atoms with E-state index in [1.165, 1.54) is 23.2 Å². The van der Waals surface area contributed by atoms with Gasteiger partial charge in [-0.1, -0.05) is 29.8 Å². The van der Waals surface area contributed by atoms with Gasteiger partial charge in [0.15, 0.2) is 0 Å². The third kappa shape index (κ3) is 2.46. The number of nitrogens with two attached hydrogens (primary N) is 1. The lowest BCUT2D eigenvalue weighted by atomic mass is 9.82. The van der Waals surface area contributed by atoms with E-state index >= 15 is 0 Å². The lowest BCUT2D eigenvalue weighted by Crippen LogP contribution is -2.13. The molecule has 0 spiro atoms. The zero-order valence-electron chi connectivity index (χ0n) is 11.6. The van der Waals surface area contributed by atoms with Gasteiger partial charge in [0, 0.05) is 23.2 Å². The number of hydrogen-bond donors (Lipinski definition) is 1. The first-order valence-electron chi connectivity index (χ1n) is 7.15. The molecule has 0 amide bonds. The summed E-state index contributed by atoms with van der Waals surface area (Å²) in [5.74, 6) is 0.361. The molecule has 0 saturated carbocycles. The number of fused-ring (bicyclic) bond motifs is 1. The molecular formula is C17H19ClN2. The van der Waals surface area contributed by atoms with Crippen LogP contribution in [-0.2, 0) is 6.42 Å². The van der Waals surface area contributed by atoms with Crippen LogP contribution in [0.5, 0.6) is 0 Å². The normalized spacial score (nSPS) is 19.4. The van der Waals surface area contributed by atoms with E-state index in [2.05, 4.69) is 29.2 Å². The molecule has 2 unspecified atom stereocenters. The van der Waals surface area contributed by atoms with Crippen LogP contribution in [0.1, 0.15) is 54.1 Å². The van der Waals surface area contributed by atoms with Crippen molar-refractivity contribution in [3.63, 3.8) is 0 Å². The number of benzene rings is 1. The molecule has 1 aliphatic rings. The van der Waals surface area contributed by atoms with E-state index in [1.807, 2.05) is 19.2 Å². The van der Waals surface area contributed by atoms with Crippen molar-refractivity contribution >= 4 is 11.6 Å². The van der Waals surface area contributed by atoms with Crippen LogP contribution < -0.4 is 5.73 Å². The molecule has 20 heavy (non-hydrogen) atoms. The highest BCUT2D eigenvalue weighted by molar-refractivity contribution is 6.31. The van der Waals surface area contributed by atoms with Crippen LogP contribution in [0.3, 0.4) is 0 Å². The van der Waals surface area contributed by atoms with Crippen LogP contribution >= 0.6 is 11.6 Å². The fourth-order valence-corrected chi connectivity index (χ4v) is 3.42. The number of aromatic nitrogens is 1. The van der Waals surface area contributed by atoms with Crippen LogP contribution in [-0.4, -0.2) is 4.98 Å². The molecule has 0 bridgehead atoms. The molecule has 2 nitrogen and oxygen atoms in total. The van der Waals surface area contributed by atoms with Crippen molar-refractivity contribution in [1.82, 2.24) is 4.98 Å². The van der Waals surface area contributed by atoms with Gasteiger partial charge in [-0.2, -0.15) is 0 Å². The van der Waals surface area contributed by atoms with Crippen LogP contribution in [0.15, 0.2) is 36.5 Å². The summed E-state index contributed by atoms with van der Waals surface area (Å²) in [5, 5.41) is 0.764. The minimum Gasteiger partial charge on any atom is -0.324 e. The molecule has 2 aromatic rings. The first kappa shape index (κ1) is 13.6. The molecule has 1 heterocycles. The van der Waals surface area contributed by atoms with Gasteiger partial charge in [0.25, 0.3) is 0 Å². The second-order valence-electron chi connectivity index (χ2n) is 5.56. The Morgan fingerprint density at radius 1 is 1.35 bits per heavy atom. The van der Waals surface area contributed by atoms with Gasteiger partial charge < -0.3 is 5.73 Å². The molecule has 2 atom stereocenters. The highest BCUT2D eigenvalue weighted by Gasteiger charge is 2.23. The average molecular weight is 287 g/mol. The van der Waals surface area contributed by atoms with Crippen LogP contribution in [0, 0.1) is 0 Å². The number of aryl methyl sites for hydroxylation is 1. The summed E-state index contributed by atoms with van der Waals surface area (Å²) in [6.45, 7) is 1.96. The van der Waals surface area contributed by atoms with Crippen molar-refractivity contribution in [1.29, 1.82) is 0 Å². The number of nitrogens with zero attached hydrogens (tertiary/aromatic N) is 1. The summed E-state index contributed by atoms with van der Waals surface area (Å²) in [6, 6.07) is 10.4. The van der Waals surface area contributed by atoms with Gasteiger partial charge in [-0.05, 0) is 55.0 Å². The van der Waals surface area contributed by atoms with Gasteiger partial charge in [0.2, 0.25) is 0 Å². The predicted octanol–water partition coefficient (Wildman–Crippen LogP) is 4.22. The SMILES string of the molecule is CC(N)c1ccc(C2CCCc3cccnc32)cc1Cl. The van der Waals surface area contributed by atoms with E-state index < -0.39 is 0 Å². The lowest BCUT2D eigenvalue weighted by Gasteiger charge is -2.25. The number of pyridine rings is 1. The van der Waals surface area contributed by atoms with Gasteiger partial charge in [-0.15, -0.1) is 0 Å². The Morgan fingerprint density at radius 3 is 2.95 bits per heavy atom. The Bertz CT molecular complexity index is 622. The van der Waals surface area contributed by atoms with Crippen LogP contribution in [0.25, 0.3) is 0 Å². The van der Waals surface area contributed by atoms with Gasteiger partial charge in [-0.25, -0.2) is 0 Å². The van der Waals surface area contributed by atoms with E-state index in [-0.39, 0.29) is 6.04 Å². The molecular weight excluding hydrogens is 268 g/mol. The van der Waals surface area contributed by atoms with Crippen molar-refractivity contribution in [3.05, 3.63) is 63.9 Å². The average Bonchev–Trinajstić information content (AvgIpc) is 2.46. The van der Waals surface area contributed by atoms with Gasteiger partial charge >= 0.3 is 0 Å². The maximum absolute atomic E-state index is 6.37. The molecule has 0 radical (unpaired) electrons. The Hall–Kier alpha value is -1.38. The summed E-state index contributed by atoms with van der Waals surface area (Å²) >= 11 is 6.37. The minimum absolute atomic E-state index is 0.0340. The Morgan fingerprint density at radius 2 is 2.20 bits per heavy atom. The van der Waals surface area contributed by atoms with Gasteiger partial charge in [0.1, 0.15) is 0 Å². The largest absolute Gasteiger partial charge is 0.324 e. The Kier molecular flexibility index (Phi) is 3.77. The molecule has 2 N–H and O–H groups in total. The van der Waals surface area contributed by atoms with Crippen molar-refractivity contribution < 1.29 is 0 Å². The molecule has 0 saturated heterocycles. The fraction of sp³-hybridized carbons (Fsp3) is 0.353. The predicted molar refractivity (Wildman–Crippen MR) is 83.1 cm³/mol. The summed E-state index contributed by atoms with van der Waals surface area (Å²) in [6.07, 6.45) is 5.36. The van der Waals surface area contributed by atoms with Crippen molar-refractivity contribution in [2.75, 3.05) is 0 Å². The smallest absolute Gasteiger partial charge is 0.0510 e. The van der Waals surface area contributed by atoms with E-state index in [4.69, 9.17) is 17.3 Å². The first-order chi connectivity index (χ1) is 9.66. The van der Waals surface area contributed by atoms with E-state index in [0.717, 1.165) is 23.4 Å². The zero-order valence-corrected chi connectivity index (χ0v) is 12.4. The summed E-state index contributed by atoms with van der Waals surface area (Å²) in [7, 11) is 0. The molecule has 3 rings (SSSR count). The van der Waals surface area contributed by atoms with E-state index in [0.29, 0.717) is 5.92 Å².